The van der Waals surface area contributed by atoms with E-state index in [4.69, 9.17) is 5.26 Å². The molecule has 1 rings (SSSR count). The molecule has 0 saturated heterocycles. The molecule has 0 N–H and O–H groups in total. The number of likely N-dealkylation sites (N-methyl/N-ethyl adjacent to an activating group) is 1. The molecular weight excluding hydrogens is 154 g/mol. The first-order valence-electron chi connectivity index (χ1n) is 3.40. The molecule has 2 amide bonds. The third-order valence-corrected chi connectivity index (χ3v) is 1.78. The number of hydrogen-bond acceptors (Lipinski definition) is 2. The number of amides is 2. The minimum atomic E-state index is -0.237. The molecular formula is C8H9N3O. The Morgan fingerprint density at radius 1 is 1.50 bits per heavy atom. The lowest BCUT2D eigenvalue weighted by atomic mass is 10.2. The lowest BCUT2D eigenvalue weighted by molar-refractivity contribution is 0.193. The van der Waals surface area contributed by atoms with E-state index < -0.39 is 0 Å². The minimum absolute atomic E-state index is 0.237. The van der Waals surface area contributed by atoms with Gasteiger partial charge in [0.25, 0.3) is 0 Å². The van der Waals surface area contributed by atoms with Crippen molar-refractivity contribution < 1.29 is 4.79 Å². The molecule has 0 bridgehead atoms. The summed E-state index contributed by atoms with van der Waals surface area (Å²) in [6, 6.07) is 1.68. The summed E-state index contributed by atoms with van der Waals surface area (Å²) in [5.41, 5.74) is 0.859. The van der Waals surface area contributed by atoms with Gasteiger partial charge in [0, 0.05) is 19.8 Å². The van der Waals surface area contributed by atoms with Gasteiger partial charge in [0.2, 0.25) is 0 Å². The van der Waals surface area contributed by atoms with Crippen molar-refractivity contribution in [1.82, 2.24) is 9.80 Å². The Balaban J connectivity index is 3.10. The van der Waals surface area contributed by atoms with Crippen LogP contribution in [0.1, 0.15) is 0 Å². The summed E-state index contributed by atoms with van der Waals surface area (Å²) < 4.78 is 0. The molecule has 1 aliphatic heterocycles. The summed E-state index contributed by atoms with van der Waals surface area (Å²) in [7, 11) is 3.17. The van der Waals surface area contributed by atoms with Gasteiger partial charge < -0.3 is 0 Å². The minimum Gasteiger partial charge on any atom is -0.298 e. The zero-order valence-electron chi connectivity index (χ0n) is 7.03. The van der Waals surface area contributed by atoms with Crippen molar-refractivity contribution in [1.29, 1.82) is 5.26 Å². The molecule has 0 aliphatic carbocycles. The van der Waals surface area contributed by atoms with E-state index in [0.29, 0.717) is 11.4 Å². The van der Waals surface area contributed by atoms with Crippen LogP contribution in [0.2, 0.25) is 0 Å². The van der Waals surface area contributed by atoms with E-state index in [1.807, 2.05) is 6.07 Å². The van der Waals surface area contributed by atoms with Crippen molar-refractivity contribution in [2.45, 2.75) is 0 Å². The highest BCUT2D eigenvalue weighted by atomic mass is 16.2. The first-order chi connectivity index (χ1) is 5.57. The lowest BCUT2D eigenvalue weighted by Gasteiger charge is -2.29. The van der Waals surface area contributed by atoms with Gasteiger partial charge in [-0.15, -0.1) is 0 Å². The molecule has 0 aromatic rings. The predicted molar refractivity (Wildman–Crippen MR) is 43.8 cm³/mol. The second-order valence-electron chi connectivity index (χ2n) is 2.53. The van der Waals surface area contributed by atoms with Gasteiger partial charge >= 0.3 is 6.03 Å². The maximum atomic E-state index is 11.3. The Hall–Kier alpha value is -1.76. The fourth-order valence-corrected chi connectivity index (χ4v) is 0.910. The van der Waals surface area contributed by atoms with Gasteiger partial charge in [-0.2, -0.15) is 5.26 Å². The van der Waals surface area contributed by atoms with E-state index in [2.05, 4.69) is 6.58 Å². The third kappa shape index (κ3) is 1.05. The number of hydrogen-bond donors (Lipinski definition) is 0. The van der Waals surface area contributed by atoms with Crippen molar-refractivity contribution in [3.8, 4) is 6.07 Å². The van der Waals surface area contributed by atoms with Crippen molar-refractivity contribution >= 4 is 6.03 Å². The molecule has 0 aromatic carbocycles. The molecule has 62 valence electrons. The van der Waals surface area contributed by atoms with E-state index in [1.54, 1.807) is 20.2 Å². The first-order valence-corrected chi connectivity index (χ1v) is 3.40. The zero-order valence-corrected chi connectivity index (χ0v) is 7.03. The Morgan fingerprint density at radius 3 is 2.58 bits per heavy atom. The molecule has 0 spiro atoms. The highest BCUT2D eigenvalue weighted by Gasteiger charge is 2.23. The number of allylic oxidation sites excluding steroid dienone is 2. The number of carbonyl (C=O) groups excluding carboxylic acids is 1. The fourth-order valence-electron chi connectivity index (χ4n) is 0.910. The fraction of sp³-hybridized carbons (Fsp3) is 0.250. The molecule has 0 aromatic heterocycles. The van der Waals surface area contributed by atoms with Gasteiger partial charge in [-0.3, -0.25) is 9.80 Å². The van der Waals surface area contributed by atoms with Crippen LogP contribution in [-0.2, 0) is 0 Å². The molecule has 4 heteroatoms. The van der Waals surface area contributed by atoms with Gasteiger partial charge in [-0.05, 0) is 6.08 Å². The number of urea groups is 1. The Morgan fingerprint density at radius 2 is 2.08 bits per heavy atom. The van der Waals surface area contributed by atoms with Gasteiger partial charge in [0.05, 0.1) is 0 Å². The van der Waals surface area contributed by atoms with Crippen LogP contribution in [0.25, 0.3) is 0 Å². The summed E-state index contributed by atoms with van der Waals surface area (Å²) >= 11 is 0. The molecule has 0 radical (unpaired) electrons. The molecule has 12 heavy (non-hydrogen) atoms. The van der Waals surface area contributed by atoms with Crippen LogP contribution in [-0.4, -0.2) is 29.9 Å². The Kier molecular flexibility index (Phi) is 1.88. The van der Waals surface area contributed by atoms with E-state index >= 15 is 0 Å². The Bertz CT molecular complexity index is 311. The van der Waals surface area contributed by atoms with Gasteiger partial charge in [0.1, 0.15) is 11.8 Å². The predicted octanol–water partition coefficient (Wildman–Crippen LogP) is 0.905. The Labute approximate surface area is 71.0 Å². The maximum Gasteiger partial charge on any atom is 0.328 e. The highest BCUT2D eigenvalue weighted by molar-refractivity contribution is 5.81. The SMILES string of the molecule is C=C1C=C(C#N)N(C)C(=O)N1C. The van der Waals surface area contributed by atoms with Crippen LogP contribution < -0.4 is 0 Å². The molecule has 0 unspecified atom stereocenters. The lowest BCUT2D eigenvalue weighted by Crippen LogP contribution is -2.40. The normalized spacial score (nSPS) is 17.6. The molecule has 0 atom stereocenters. The van der Waals surface area contributed by atoms with Crippen LogP contribution in [0.15, 0.2) is 24.0 Å². The van der Waals surface area contributed by atoms with Crippen LogP contribution in [0, 0.1) is 11.3 Å². The molecule has 1 heterocycles. The van der Waals surface area contributed by atoms with Crippen molar-refractivity contribution in [2.75, 3.05) is 14.1 Å². The topological polar surface area (TPSA) is 47.3 Å². The maximum absolute atomic E-state index is 11.3. The van der Waals surface area contributed by atoms with E-state index in [9.17, 15) is 4.79 Å². The van der Waals surface area contributed by atoms with Crippen LogP contribution in [0.4, 0.5) is 4.79 Å². The summed E-state index contributed by atoms with van der Waals surface area (Å²) in [5.74, 6) is 0. The number of nitriles is 1. The van der Waals surface area contributed by atoms with E-state index in [-0.39, 0.29) is 6.03 Å². The summed E-state index contributed by atoms with van der Waals surface area (Å²) in [4.78, 5) is 14.0. The second kappa shape index (κ2) is 2.70. The standard InChI is InChI=1S/C8H9N3O/c1-6-4-7(5-9)11(3)8(12)10(6)2/h4H,1H2,2-3H3. The molecule has 4 nitrogen and oxygen atoms in total. The first kappa shape index (κ1) is 8.34. The van der Waals surface area contributed by atoms with Crippen LogP contribution >= 0.6 is 0 Å². The van der Waals surface area contributed by atoms with Gasteiger partial charge in [-0.25, -0.2) is 4.79 Å². The van der Waals surface area contributed by atoms with Gasteiger partial charge in [0.15, 0.2) is 0 Å². The molecule has 1 aliphatic rings. The summed E-state index contributed by atoms with van der Waals surface area (Å²) in [6.07, 6.45) is 1.57. The van der Waals surface area contributed by atoms with E-state index in [0.717, 1.165) is 0 Å². The zero-order chi connectivity index (χ0) is 9.30. The highest BCUT2D eigenvalue weighted by Crippen LogP contribution is 2.16. The van der Waals surface area contributed by atoms with Crippen LogP contribution in [0.3, 0.4) is 0 Å². The second-order valence-corrected chi connectivity index (χ2v) is 2.53. The quantitative estimate of drug-likeness (QED) is 0.532. The molecule has 0 saturated carbocycles. The monoisotopic (exact) mass is 163 g/mol. The number of nitrogens with zero attached hydrogens (tertiary/aromatic N) is 3. The average molecular weight is 163 g/mol. The van der Waals surface area contributed by atoms with Crippen molar-refractivity contribution in [3.63, 3.8) is 0 Å². The average Bonchev–Trinajstić information content (AvgIpc) is 2.08. The molecule has 0 fully saturated rings. The van der Waals surface area contributed by atoms with E-state index in [1.165, 1.54) is 9.80 Å². The summed E-state index contributed by atoms with van der Waals surface area (Å²) in [5, 5.41) is 8.61. The van der Waals surface area contributed by atoms with Crippen molar-refractivity contribution in [3.05, 3.63) is 24.0 Å². The third-order valence-electron chi connectivity index (χ3n) is 1.78. The number of carbonyl (C=O) groups is 1. The largest absolute Gasteiger partial charge is 0.328 e. The smallest absolute Gasteiger partial charge is 0.298 e. The van der Waals surface area contributed by atoms with Gasteiger partial charge in [-0.1, -0.05) is 6.58 Å². The number of rotatable bonds is 0. The van der Waals surface area contributed by atoms with Crippen molar-refractivity contribution in [2.24, 2.45) is 0 Å². The van der Waals surface area contributed by atoms with Crippen LogP contribution in [0.5, 0.6) is 0 Å². The summed E-state index contributed by atoms with van der Waals surface area (Å²) in [6.45, 7) is 3.63.